The Bertz CT molecular complexity index is 308. The predicted molar refractivity (Wildman–Crippen MR) is 69.8 cm³/mol. The first-order chi connectivity index (χ1) is 8.11. The lowest BCUT2D eigenvalue weighted by Gasteiger charge is -2.23. The third kappa shape index (κ3) is 4.73. The third-order valence-corrected chi connectivity index (χ3v) is 5.43. The molecule has 0 amide bonds. The summed E-state index contributed by atoms with van der Waals surface area (Å²) in [5.74, 6) is 0.721. The van der Waals surface area contributed by atoms with Crippen LogP contribution in [-0.2, 0) is 10.0 Å². The monoisotopic (exact) mass is 283 g/mol. The smallest absolute Gasteiger partial charge is 0.214 e. The number of aliphatic hydroxyl groups excluding tert-OH is 1. The van der Waals surface area contributed by atoms with E-state index in [9.17, 15) is 8.42 Å². The first kappa shape index (κ1) is 15.2. The summed E-state index contributed by atoms with van der Waals surface area (Å²) in [7, 11) is -3.12. The molecule has 17 heavy (non-hydrogen) atoms. The van der Waals surface area contributed by atoms with Gasteiger partial charge in [0, 0.05) is 25.1 Å². The maximum absolute atomic E-state index is 12.1. The van der Waals surface area contributed by atoms with E-state index in [0.717, 1.165) is 25.7 Å². The van der Waals surface area contributed by atoms with Crippen LogP contribution >= 0.6 is 11.6 Å². The normalized spacial score (nSPS) is 22.1. The molecule has 4 nitrogen and oxygen atoms in total. The van der Waals surface area contributed by atoms with Crippen molar-refractivity contribution in [2.75, 3.05) is 24.8 Å². The number of hydrogen-bond donors (Lipinski definition) is 1. The second kappa shape index (κ2) is 7.56. The van der Waals surface area contributed by atoms with Gasteiger partial charge in [-0.25, -0.2) is 8.42 Å². The summed E-state index contributed by atoms with van der Waals surface area (Å²) in [4.78, 5) is 0. The quantitative estimate of drug-likeness (QED) is 0.543. The largest absolute Gasteiger partial charge is 0.396 e. The molecule has 6 heteroatoms. The maximum atomic E-state index is 12.1. The lowest BCUT2D eigenvalue weighted by molar-refractivity contribution is 0.264. The van der Waals surface area contributed by atoms with Gasteiger partial charge in [-0.2, -0.15) is 4.31 Å². The summed E-state index contributed by atoms with van der Waals surface area (Å²) in [6.45, 7) is 0.774. The van der Waals surface area contributed by atoms with Gasteiger partial charge in [-0.05, 0) is 38.5 Å². The summed E-state index contributed by atoms with van der Waals surface area (Å²) in [6.07, 6.45) is 4.69. The van der Waals surface area contributed by atoms with E-state index in [1.54, 1.807) is 4.31 Å². The van der Waals surface area contributed by atoms with Crippen LogP contribution in [0.1, 0.15) is 38.5 Å². The summed E-state index contributed by atoms with van der Waals surface area (Å²) in [5.41, 5.74) is 0. The molecule has 0 aromatic heterocycles. The number of hydrogen-bond acceptors (Lipinski definition) is 3. The Hall–Kier alpha value is 0.160. The van der Waals surface area contributed by atoms with Crippen LogP contribution in [0, 0.1) is 0 Å². The SMILES string of the molecule is O=S(=O)(CCCCCl)N1CCCC1CCCO. The second-order valence-electron chi connectivity index (χ2n) is 4.48. The molecule has 0 aromatic rings. The van der Waals surface area contributed by atoms with Gasteiger partial charge in [0.2, 0.25) is 10.0 Å². The average Bonchev–Trinajstić information content (AvgIpc) is 2.75. The van der Waals surface area contributed by atoms with Crippen LogP contribution in [0.5, 0.6) is 0 Å². The fourth-order valence-corrected chi connectivity index (χ4v) is 4.35. The molecule has 102 valence electrons. The van der Waals surface area contributed by atoms with Gasteiger partial charge in [-0.3, -0.25) is 0 Å². The molecule has 1 N–H and O–H groups in total. The highest BCUT2D eigenvalue weighted by Crippen LogP contribution is 2.25. The molecule has 1 aliphatic heterocycles. The Morgan fingerprint density at radius 3 is 2.71 bits per heavy atom. The van der Waals surface area contributed by atoms with E-state index in [2.05, 4.69) is 0 Å². The zero-order chi connectivity index (χ0) is 12.7. The molecule has 1 unspecified atom stereocenters. The van der Waals surface area contributed by atoms with Gasteiger partial charge in [0.1, 0.15) is 0 Å². The Morgan fingerprint density at radius 1 is 1.29 bits per heavy atom. The minimum Gasteiger partial charge on any atom is -0.396 e. The van der Waals surface area contributed by atoms with E-state index in [1.165, 1.54) is 0 Å². The van der Waals surface area contributed by atoms with E-state index in [4.69, 9.17) is 16.7 Å². The fourth-order valence-electron chi connectivity index (χ4n) is 2.29. The van der Waals surface area contributed by atoms with Gasteiger partial charge in [0.15, 0.2) is 0 Å². The number of unbranched alkanes of at least 4 members (excludes halogenated alkanes) is 1. The molecule has 0 aliphatic carbocycles. The molecule has 1 rings (SSSR count). The highest BCUT2D eigenvalue weighted by molar-refractivity contribution is 7.89. The molecule has 1 atom stereocenters. The van der Waals surface area contributed by atoms with Crippen LogP contribution in [-0.4, -0.2) is 48.7 Å². The number of nitrogens with zero attached hydrogens (tertiary/aromatic N) is 1. The predicted octanol–water partition coefficient (Wildman–Crippen LogP) is 1.57. The topological polar surface area (TPSA) is 57.6 Å². The molecule has 1 fully saturated rings. The molecule has 1 heterocycles. The Balaban J connectivity index is 2.50. The van der Waals surface area contributed by atoms with Gasteiger partial charge in [0.05, 0.1) is 5.75 Å². The van der Waals surface area contributed by atoms with Crippen molar-refractivity contribution in [3.63, 3.8) is 0 Å². The van der Waals surface area contributed by atoms with Crippen molar-refractivity contribution < 1.29 is 13.5 Å². The first-order valence-electron chi connectivity index (χ1n) is 6.28. The number of alkyl halides is 1. The van der Waals surface area contributed by atoms with Gasteiger partial charge in [0.25, 0.3) is 0 Å². The molecular formula is C11H22ClNO3S. The lowest BCUT2D eigenvalue weighted by Crippen LogP contribution is -2.37. The molecule has 0 bridgehead atoms. The summed E-state index contributed by atoms with van der Waals surface area (Å²) in [6, 6.07) is 0.100. The number of rotatable bonds is 8. The molecule has 0 spiro atoms. The van der Waals surface area contributed by atoms with E-state index in [0.29, 0.717) is 25.3 Å². The minimum atomic E-state index is -3.12. The van der Waals surface area contributed by atoms with E-state index >= 15 is 0 Å². The van der Waals surface area contributed by atoms with Crippen LogP contribution in [0.4, 0.5) is 0 Å². The lowest BCUT2D eigenvalue weighted by atomic mass is 10.1. The number of halogens is 1. The highest BCUT2D eigenvalue weighted by Gasteiger charge is 2.32. The maximum Gasteiger partial charge on any atom is 0.214 e. The molecule has 0 saturated carbocycles. The van der Waals surface area contributed by atoms with Crippen LogP contribution in [0.15, 0.2) is 0 Å². The van der Waals surface area contributed by atoms with Gasteiger partial charge in [-0.15, -0.1) is 11.6 Å². The fraction of sp³-hybridized carbons (Fsp3) is 1.00. The summed E-state index contributed by atoms with van der Waals surface area (Å²) in [5, 5.41) is 8.81. The van der Waals surface area contributed by atoms with Crippen molar-refractivity contribution in [1.82, 2.24) is 4.31 Å². The van der Waals surface area contributed by atoms with E-state index in [-0.39, 0.29) is 18.4 Å². The van der Waals surface area contributed by atoms with Crippen molar-refractivity contribution >= 4 is 21.6 Å². The number of aliphatic hydroxyl groups is 1. The summed E-state index contributed by atoms with van der Waals surface area (Å²) >= 11 is 5.55. The van der Waals surface area contributed by atoms with Gasteiger partial charge < -0.3 is 5.11 Å². The van der Waals surface area contributed by atoms with Crippen LogP contribution in [0.25, 0.3) is 0 Å². The second-order valence-corrected chi connectivity index (χ2v) is 6.90. The Labute approximate surface area is 109 Å². The Kier molecular flexibility index (Phi) is 6.77. The van der Waals surface area contributed by atoms with Crippen molar-refractivity contribution in [3.05, 3.63) is 0 Å². The van der Waals surface area contributed by atoms with E-state index < -0.39 is 10.0 Å². The molecule has 1 aliphatic rings. The van der Waals surface area contributed by atoms with E-state index in [1.807, 2.05) is 0 Å². The van der Waals surface area contributed by atoms with Crippen molar-refractivity contribution in [2.24, 2.45) is 0 Å². The van der Waals surface area contributed by atoms with Crippen molar-refractivity contribution in [1.29, 1.82) is 0 Å². The third-order valence-electron chi connectivity index (χ3n) is 3.16. The highest BCUT2D eigenvalue weighted by atomic mass is 35.5. The molecule has 1 saturated heterocycles. The zero-order valence-corrected chi connectivity index (χ0v) is 11.7. The van der Waals surface area contributed by atoms with Gasteiger partial charge >= 0.3 is 0 Å². The van der Waals surface area contributed by atoms with Crippen LogP contribution in [0.3, 0.4) is 0 Å². The standard InChI is InChI=1S/C11H22ClNO3S/c12-7-1-2-10-17(15,16)13-8-3-5-11(13)6-4-9-14/h11,14H,1-10H2. The minimum absolute atomic E-state index is 0.100. The van der Waals surface area contributed by atoms with Crippen LogP contribution in [0.2, 0.25) is 0 Å². The first-order valence-corrected chi connectivity index (χ1v) is 8.42. The average molecular weight is 284 g/mol. The zero-order valence-electron chi connectivity index (χ0n) is 10.1. The van der Waals surface area contributed by atoms with Gasteiger partial charge in [-0.1, -0.05) is 0 Å². The molecular weight excluding hydrogens is 262 g/mol. The van der Waals surface area contributed by atoms with Crippen molar-refractivity contribution in [3.8, 4) is 0 Å². The summed E-state index contributed by atoms with van der Waals surface area (Å²) < 4.78 is 25.8. The number of sulfonamides is 1. The Morgan fingerprint density at radius 2 is 2.06 bits per heavy atom. The molecule has 0 radical (unpaired) electrons. The van der Waals surface area contributed by atoms with Crippen LogP contribution < -0.4 is 0 Å². The molecule has 0 aromatic carbocycles. The van der Waals surface area contributed by atoms with Crippen molar-refractivity contribution in [2.45, 2.75) is 44.6 Å².